The Kier molecular flexibility index (Phi) is 12.2. The molecule has 2 rings (SSSR count). The number of alkyl halides is 2. The summed E-state index contributed by atoms with van der Waals surface area (Å²) in [5.41, 5.74) is 0.588. The minimum absolute atomic E-state index is 0.0678. The molecule has 0 saturated carbocycles. The Morgan fingerprint density at radius 1 is 1.23 bits per heavy atom. The molecule has 1 saturated heterocycles. The minimum atomic E-state index is -2.18. The van der Waals surface area contributed by atoms with Crippen molar-refractivity contribution in [1.82, 2.24) is 10.2 Å². The van der Waals surface area contributed by atoms with Crippen LogP contribution in [0.5, 0.6) is 0 Å². The Morgan fingerprint density at radius 3 is 2.23 bits per heavy atom. The predicted octanol–water partition coefficient (Wildman–Crippen LogP) is 2.66. The van der Waals surface area contributed by atoms with Crippen LogP contribution in [-0.2, 0) is 4.74 Å². The highest BCUT2D eigenvalue weighted by Gasteiger charge is 2.13. The molecule has 4 nitrogen and oxygen atoms in total. The van der Waals surface area contributed by atoms with Gasteiger partial charge in [0.05, 0.1) is 19.2 Å². The van der Waals surface area contributed by atoms with Gasteiger partial charge in [0.2, 0.25) is 0 Å². The molecule has 0 aliphatic carbocycles. The lowest BCUT2D eigenvalue weighted by molar-refractivity contribution is 0.0600. The van der Waals surface area contributed by atoms with E-state index in [1.165, 1.54) is 7.11 Å². The fraction of sp³-hybridized carbons (Fsp3) is 0.562. The fourth-order valence-electron chi connectivity index (χ4n) is 1.78. The van der Waals surface area contributed by atoms with Crippen LogP contribution in [0.25, 0.3) is 0 Å². The summed E-state index contributed by atoms with van der Waals surface area (Å²) in [5.74, 6) is -0.291. The maximum atomic E-state index is 11.8. The van der Waals surface area contributed by atoms with Crippen LogP contribution in [0.2, 0.25) is 0 Å². The maximum Gasteiger partial charge on any atom is 0.337 e. The maximum absolute atomic E-state index is 11.8. The molecule has 22 heavy (non-hydrogen) atoms. The molecular weight excluding hydrogens is 290 g/mol. The highest BCUT2D eigenvalue weighted by molar-refractivity contribution is 5.89. The summed E-state index contributed by atoms with van der Waals surface area (Å²) in [4.78, 5) is 12.6. The second kappa shape index (κ2) is 13.2. The summed E-state index contributed by atoms with van der Waals surface area (Å²) < 4.78 is 28.0. The molecule has 1 aliphatic rings. The van der Waals surface area contributed by atoms with E-state index >= 15 is 0 Å². The first-order valence-corrected chi connectivity index (χ1v) is 7.48. The third-order valence-corrected chi connectivity index (χ3v) is 2.80. The Bertz CT molecular complexity index is 383. The van der Waals surface area contributed by atoms with Gasteiger partial charge in [0, 0.05) is 26.2 Å². The van der Waals surface area contributed by atoms with Gasteiger partial charge in [0.25, 0.3) is 6.43 Å². The van der Waals surface area contributed by atoms with Crippen molar-refractivity contribution in [2.45, 2.75) is 20.3 Å². The lowest BCUT2D eigenvalue weighted by Crippen LogP contribution is -2.45. The highest BCUT2D eigenvalue weighted by Crippen LogP contribution is 1.99. The zero-order chi connectivity index (χ0) is 16.8. The van der Waals surface area contributed by atoms with Gasteiger partial charge in [-0.1, -0.05) is 32.0 Å². The molecule has 6 heteroatoms. The molecule has 0 aromatic heterocycles. The molecular formula is C16H26F2N2O2. The number of carbonyl (C=O) groups excluding carboxylic acids is 1. The highest BCUT2D eigenvalue weighted by atomic mass is 19.3. The first-order valence-electron chi connectivity index (χ1n) is 7.48. The van der Waals surface area contributed by atoms with Gasteiger partial charge in [-0.2, -0.15) is 0 Å². The second-order valence-corrected chi connectivity index (χ2v) is 4.30. The molecule has 0 radical (unpaired) electrons. The smallest absolute Gasteiger partial charge is 0.337 e. The lowest BCUT2D eigenvalue weighted by atomic mass is 10.2. The topological polar surface area (TPSA) is 41.6 Å². The lowest BCUT2D eigenvalue weighted by Gasteiger charge is -2.26. The van der Waals surface area contributed by atoms with Crippen molar-refractivity contribution in [3.8, 4) is 0 Å². The van der Waals surface area contributed by atoms with Gasteiger partial charge >= 0.3 is 5.97 Å². The van der Waals surface area contributed by atoms with Crippen molar-refractivity contribution in [2.24, 2.45) is 0 Å². The van der Waals surface area contributed by atoms with Crippen LogP contribution >= 0.6 is 0 Å². The van der Waals surface area contributed by atoms with Gasteiger partial charge in [0.1, 0.15) is 0 Å². The van der Waals surface area contributed by atoms with E-state index < -0.39 is 6.43 Å². The number of carbonyl (C=O) groups is 1. The van der Waals surface area contributed by atoms with Crippen LogP contribution in [0.4, 0.5) is 8.78 Å². The molecule has 1 fully saturated rings. The van der Waals surface area contributed by atoms with Crippen molar-refractivity contribution in [3.63, 3.8) is 0 Å². The van der Waals surface area contributed by atoms with E-state index in [1.54, 1.807) is 29.2 Å². The van der Waals surface area contributed by atoms with Gasteiger partial charge < -0.3 is 10.1 Å². The van der Waals surface area contributed by atoms with E-state index in [9.17, 15) is 13.6 Å². The predicted molar refractivity (Wildman–Crippen MR) is 84.4 cm³/mol. The van der Waals surface area contributed by atoms with Crippen molar-refractivity contribution in [3.05, 3.63) is 35.9 Å². The van der Waals surface area contributed by atoms with Gasteiger partial charge in [-0.25, -0.2) is 13.6 Å². The van der Waals surface area contributed by atoms with E-state index in [4.69, 9.17) is 0 Å². The molecule has 0 unspecified atom stereocenters. The van der Waals surface area contributed by atoms with Crippen LogP contribution in [0.3, 0.4) is 0 Å². The van der Waals surface area contributed by atoms with Crippen LogP contribution in [0, 0.1) is 0 Å². The summed E-state index contributed by atoms with van der Waals surface area (Å²) >= 11 is 0. The molecule has 0 bridgehead atoms. The number of esters is 1. The number of hydrogen-bond acceptors (Lipinski definition) is 4. The summed E-state index contributed by atoms with van der Waals surface area (Å²) in [6.07, 6.45) is -2.18. The minimum Gasteiger partial charge on any atom is -0.465 e. The van der Waals surface area contributed by atoms with Gasteiger partial charge in [0.15, 0.2) is 0 Å². The molecule has 0 spiro atoms. The first-order chi connectivity index (χ1) is 10.6. The van der Waals surface area contributed by atoms with Crippen molar-refractivity contribution in [2.75, 3.05) is 39.8 Å². The normalized spacial score (nSPS) is 14.3. The van der Waals surface area contributed by atoms with Crippen molar-refractivity contribution in [1.29, 1.82) is 0 Å². The average molecular weight is 316 g/mol. The SMILES string of the molecule is CC.COC(=O)c1ccccc1.FC(F)CN1CCNCC1. The number of hydrogen-bond donors (Lipinski definition) is 1. The van der Waals surface area contributed by atoms with Crippen LogP contribution in [-0.4, -0.2) is 57.1 Å². The van der Waals surface area contributed by atoms with Crippen LogP contribution < -0.4 is 5.32 Å². The number of ether oxygens (including phenoxy) is 1. The summed E-state index contributed by atoms with van der Waals surface area (Å²) in [6, 6.07) is 8.88. The average Bonchev–Trinajstić information content (AvgIpc) is 2.58. The molecule has 1 aliphatic heterocycles. The summed E-state index contributed by atoms with van der Waals surface area (Å²) in [5, 5.41) is 3.10. The van der Waals surface area contributed by atoms with Crippen LogP contribution in [0.1, 0.15) is 24.2 Å². The molecule has 1 aromatic carbocycles. The molecule has 1 aromatic rings. The molecule has 0 atom stereocenters. The zero-order valence-corrected chi connectivity index (χ0v) is 13.5. The molecule has 1 N–H and O–H groups in total. The molecule has 126 valence electrons. The third kappa shape index (κ3) is 9.41. The Labute approximate surface area is 131 Å². The standard InChI is InChI=1S/C8H8O2.C6H12F2N2.C2H6/c1-10-8(9)7-5-3-2-4-6-7;7-6(8)5-10-3-1-9-2-4-10;1-2/h2-6H,1H3;6,9H,1-5H2;1-2H3. The zero-order valence-electron chi connectivity index (χ0n) is 13.5. The number of rotatable bonds is 3. The van der Waals surface area contributed by atoms with Crippen molar-refractivity contribution < 1.29 is 18.3 Å². The molecule has 1 heterocycles. The van der Waals surface area contributed by atoms with Gasteiger partial charge in [-0.15, -0.1) is 0 Å². The van der Waals surface area contributed by atoms with E-state index in [-0.39, 0.29) is 12.5 Å². The van der Waals surface area contributed by atoms with Crippen molar-refractivity contribution >= 4 is 5.97 Å². The summed E-state index contributed by atoms with van der Waals surface area (Å²) in [6.45, 7) is 7.12. The number of nitrogens with one attached hydrogen (secondary N) is 1. The fourth-order valence-corrected chi connectivity index (χ4v) is 1.78. The monoisotopic (exact) mass is 316 g/mol. The van der Waals surface area contributed by atoms with Crippen LogP contribution in [0.15, 0.2) is 30.3 Å². The first kappa shape index (κ1) is 20.5. The Morgan fingerprint density at radius 2 is 1.77 bits per heavy atom. The van der Waals surface area contributed by atoms with E-state index in [0.717, 1.165) is 26.2 Å². The molecule has 0 amide bonds. The summed E-state index contributed by atoms with van der Waals surface area (Å²) in [7, 11) is 1.37. The number of nitrogens with zero attached hydrogens (tertiary/aromatic N) is 1. The number of piperazine rings is 1. The van der Waals surface area contributed by atoms with E-state index in [1.807, 2.05) is 19.9 Å². The number of halogens is 2. The quantitative estimate of drug-likeness (QED) is 0.871. The Hall–Kier alpha value is -1.53. The number of benzene rings is 1. The van der Waals surface area contributed by atoms with Gasteiger partial charge in [-0.05, 0) is 12.1 Å². The third-order valence-electron chi connectivity index (χ3n) is 2.80. The van der Waals surface area contributed by atoms with Gasteiger partial charge in [-0.3, -0.25) is 4.90 Å². The van der Waals surface area contributed by atoms with E-state index in [2.05, 4.69) is 10.1 Å². The largest absolute Gasteiger partial charge is 0.465 e. The Balaban J connectivity index is 0.000000360. The number of methoxy groups -OCH3 is 1. The van der Waals surface area contributed by atoms with E-state index in [0.29, 0.717) is 5.56 Å². The second-order valence-electron chi connectivity index (χ2n) is 4.30.